The van der Waals surface area contributed by atoms with Gasteiger partial charge in [0, 0.05) is 36.8 Å². The first-order chi connectivity index (χ1) is 9.01. The van der Waals surface area contributed by atoms with Crippen LogP contribution in [0.4, 0.5) is 0 Å². The summed E-state index contributed by atoms with van der Waals surface area (Å²) in [6.07, 6.45) is 1.76. The Morgan fingerprint density at radius 3 is 2.68 bits per heavy atom. The molecule has 1 aromatic heterocycles. The maximum absolute atomic E-state index is 11.7. The van der Waals surface area contributed by atoms with Crippen LogP contribution in [0.25, 0.3) is 0 Å². The van der Waals surface area contributed by atoms with Crippen LogP contribution in [0, 0.1) is 6.92 Å². The quantitative estimate of drug-likeness (QED) is 0.892. The summed E-state index contributed by atoms with van der Waals surface area (Å²) in [5.74, 6) is 0.198. The van der Waals surface area contributed by atoms with Gasteiger partial charge in [0.25, 0.3) is 0 Å². The van der Waals surface area contributed by atoms with Crippen LogP contribution in [0.2, 0.25) is 0 Å². The Labute approximate surface area is 119 Å². The lowest BCUT2D eigenvalue weighted by Crippen LogP contribution is -2.45. The molecule has 0 amide bonds. The van der Waals surface area contributed by atoms with Crippen molar-refractivity contribution >= 4 is 21.4 Å². The van der Waals surface area contributed by atoms with Crippen LogP contribution in [-0.2, 0) is 16.6 Å². The van der Waals surface area contributed by atoms with Crippen LogP contribution in [-0.4, -0.2) is 42.6 Å². The van der Waals surface area contributed by atoms with Crippen molar-refractivity contribution in [2.75, 3.05) is 18.8 Å². The maximum Gasteiger partial charge on any atom is 0.213 e. The molecule has 1 N–H and O–H groups in total. The average Bonchev–Trinajstić information content (AvgIpc) is 2.83. The Hall–Kier alpha value is -0.500. The maximum atomic E-state index is 11.7. The zero-order valence-corrected chi connectivity index (χ0v) is 13.1. The Bertz CT molecular complexity index is 505. The summed E-state index contributed by atoms with van der Waals surface area (Å²) in [5, 5.41) is 6.61. The van der Waals surface area contributed by atoms with Crippen LogP contribution in [0.1, 0.15) is 30.5 Å². The molecule has 1 aromatic rings. The van der Waals surface area contributed by atoms with E-state index in [1.54, 1.807) is 22.6 Å². The van der Waals surface area contributed by atoms with Gasteiger partial charge in [0.1, 0.15) is 5.01 Å². The van der Waals surface area contributed by atoms with E-state index in [0.29, 0.717) is 19.1 Å². The monoisotopic (exact) mass is 303 g/mol. The summed E-state index contributed by atoms with van der Waals surface area (Å²) >= 11 is 1.67. The molecule has 2 rings (SSSR count). The van der Waals surface area contributed by atoms with E-state index >= 15 is 0 Å². The summed E-state index contributed by atoms with van der Waals surface area (Å²) < 4.78 is 25.1. The highest BCUT2D eigenvalue weighted by Crippen LogP contribution is 2.15. The summed E-state index contributed by atoms with van der Waals surface area (Å²) in [5.41, 5.74) is 1.06. The van der Waals surface area contributed by atoms with Crippen LogP contribution in [0.3, 0.4) is 0 Å². The van der Waals surface area contributed by atoms with Gasteiger partial charge in [-0.2, -0.15) is 0 Å². The van der Waals surface area contributed by atoms with Crippen molar-refractivity contribution in [2.24, 2.45) is 0 Å². The first-order valence-corrected chi connectivity index (χ1v) is 9.12. The van der Waals surface area contributed by atoms with Gasteiger partial charge in [-0.25, -0.2) is 17.7 Å². The molecule has 0 atom stereocenters. The lowest BCUT2D eigenvalue weighted by molar-refractivity contribution is 0.289. The predicted octanol–water partition coefficient (Wildman–Crippen LogP) is 1.36. The van der Waals surface area contributed by atoms with Gasteiger partial charge in [-0.3, -0.25) is 0 Å². The summed E-state index contributed by atoms with van der Waals surface area (Å²) in [6, 6.07) is 0.396. The van der Waals surface area contributed by atoms with Crippen LogP contribution in [0.5, 0.6) is 0 Å². The van der Waals surface area contributed by atoms with E-state index in [1.807, 2.05) is 12.3 Å². The van der Waals surface area contributed by atoms with Gasteiger partial charge in [-0.1, -0.05) is 0 Å². The molecule has 0 radical (unpaired) electrons. The standard InChI is InChI=1S/C12H21N3O2S2/c1-3-19(16,17)15-6-4-11(5-7-15)13-8-12-14-10(2)9-18-12/h9,11,13H,3-8H2,1-2H3. The van der Waals surface area contributed by atoms with E-state index in [0.717, 1.165) is 30.1 Å². The van der Waals surface area contributed by atoms with E-state index in [4.69, 9.17) is 0 Å². The number of piperidine rings is 1. The topological polar surface area (TPSA) is 62.3 Å². The zero-order valence-electron chi connectivity index (χ0n) is 11.4. The van der Waals surface area contributed by atoms with Crippen molar-refractivity contribution in [1.82, 2.24) is 14.6 Å². The number of aryl methyl sites for hydroxylation is 1. The molecule has 1 aliphatic heterocycles. The van der Waals surface area contributed by atoms with Gasteiger partial charge >= 0.3 is 0 Å². The smallest absolute Gasteiger partial charge is 0.213 e. The molecule has 19 heavy (non-hydrogen) atoms. The molecule has 108 valence electrons. The minimum atomic E-state index is -3.01. The SMILES string of the molecule is CCS(=O)(=O)N1CCC(NCc2nc(C)cs2)CC1. The molecule has 0 spiro atoms. The number of nitrogens with one attached hydrogen (secondary N) is 1. The van der Waals surface area contributed by atoms with E-state index in [9.17, 15) is 8.42 Å². The molecule has 1 aliphatic rings. The van der Waals surface area contributed by atoms with Crippen molar-refractivity contribution in [2.45, 2.75) is 39.3 Å². The number of hydrogen-bond donors (Lipinski definition) is 1. The van der Waals surface area contributed by atoms with Gasteiger partial charge in [0.05, 0.1) is 5.75 Å². The van der Waals surface area contributed by atoms with Gasteiger partial charge < -0.3 is 5.32 Å². The van der Waals surface area contributed by atoms with Crippen LogP contribution >= 0.6 is 11.3 Å². The molecular weight excluding hydrogens is 282 g/mol. The fourth-order valence-electron chi connectivity index (χ4n) is 2.24. The number of rotatable bonds is 5. The molecule has 5 nitrogen and oxygen atoms in total. The molecule has 0 bridgehead atoms. The normalized spacial score (nSPS) is 18.8. The Kier molecular flexibility index (Phi) is 4.94. The molecule has 1 saturated heterocycles. The zero-order chi connectivity index (χ0) is 13.9. The van der Waals surface area contributed by atoms with E-state index < -0.39 is 10.0 Å². The highest BCUT2D eigenvalue weighted by molar-refractivity contribution is 7.89. The number of aromatic nitrogens is 1. The molecule has 1 fully saturated rings. The lowest BCUT2D eigenvalue weighted by Gasteiger charge is -2.31. The van der Waals surface area contributed by atoms with Gasteiger partial charge in [0.15, 0.2) is 0 Å². The summed E-state index contributed by atoms with van der Waals surface area (Å²) in [7, 11) is -3.01. The number of thiazole rings is 1. The third-order valence-electron chi connectivity index (χ3n) is 3.42. The highest BCUT2D eigenvalue weighted by atomic mass is 32.2. The minimum Gasteiger partial charge on any atom is -0.308 e. The molecule has 0 aliphatic carbocycles. The second kappa shape index (κ2) is 6.30. The van der Waals surface area contributed by atoms with Crippen LogP contribution < -0.4 is 5.32 Å². The predicted molar refractivity (Wildman–Crippen MR) is 77.7 cm³/mol. The third-order valence-corrected chi connectivity index (χ3v) is 6.27. The minimum absolute atomic E-state index is 0.198. The van der Waals surface area contributed by atoms with Crippen molar-refractivity contribution in [3.05, 3.63) is 16.1 Å². The fourth-order valence-corrected chi connectivity index (χ4v) is 4.09. The van der Waals surface area contributed by atoms with Crippen LogP contribution in [0.15, 0.2) is 5.38 Å². The molecule has 2 heterocycles. The average molecular weight is 303 g/mol. The number of sulfonamides is 1. The Morgan fingerprint density at radius 1 is 1.47 bits per heavy atom. The van der Waals surface area contributed by atoms with E-state index in [2.05, 4.69) is 10.3 Å². The molecular formula is C12H21N3O2S2. The van der Waals surface area contributed by atoms with E-state index in [1.165, 1.54) is 0 Å². The Balaban J connectivity index is 1.78. The summed E-state index contributed by atoms with van der Waals surface area (Å²) in [6.45, 7) is 5.73. The molecule has 0 saturated carbocycles. The van der Waals surface area contributed by atoms with Crippen molar-refractivity contribution in [1.29, 1.82) is 0 Å². The Morgan fingerprint density at radius 2 is 2.16 bits per heavy atom. The molecule has 0 aromatic carbocycles. The lowest BCUT2D eigenvalue weighted by atomic mass is 10.1. The van der Waals surface area contributed by atoms with Crippen molar-refractivity contribution in [3.63, 3.8) is 0 Å². The number of hydrogen-bond acceptors (Lipinski definition) is 5. The van der Waals surface area contributed by atoms with Gasteiger partial charge in [-0.05, 0) is 26.7 Å². The van der Waals surface area contributed by atoms with Gasteiger partial charge in [0.2, 0.25) is 10.0 Å². The highest BCUT2D eigenvalue weighted by Gasteiger charge is 2.26. The molecule has 0 unspecified atom stereocenters. The van der Waals surface area contributed by atoms with Crippen molar-refractivity contribution < 1.29 is 8.42 Å². The van der Waals surface area contributed by atoms with Gasteiger partial charge in [-0.15, -0.1) is 11.3 Å². The van der Waals surface area contributed by atoms with E-state index in [-0.39, 0.29) is 5.75 Å². The largest absolute Gasteiger partial charge is 0.308 e. The first-order valence-electron chi connectivity index (χ1n) is 6.63. The first kappa shape index (κ1) is 14.9. The second-order valence-electron chi connectivity index (χ2n) is 4.84. The number of nitrogens with zero attached hydrogens (tertiary/aromatic N) is 2. The third kappa shape index (κ3) is 3.98. The van der Waals surface area contributed by atoms with Crippen molar-refractivity contribution in [3.8, 4) is 0 Å². The second-order valence-corrected chi connectivity index (χ2v) is 8.04. The fraction of sp³-hybridized carbons (Fsp3) is 0.750. The molecule has 7 heteroatoms. The summed E-state index contributed by atoms with van der Waals surface area (Å²) in [4.78, 5) is 4.41.